The summed E-state index contributed by atoms with van der Waals surface area (Å²) in [5.74, 6) is 1.92. The molecule has 0 amide bonds. The van der Waals surface area contributed by atoms with Gasteiger partial charge in [0.25, 0.3) is 0 Å². The van der Waals surface area contributed by atoms with E-state index in [9.17, 15) is 0 Å². The minimum Gasteiger partial charge on any atom is -0.310 e. The zero-order chi connectivity index (χ0) is 33.3. The molecule has 0 aliphatic heterocycles. The van der Waals surface area contributed by atoms with E-state index in [1.165, 1.54) is 25.9 Å². The molecule has 9 aromatic rings. The molecule has 50 heavy (non-hydrogen) atoms. The third kappa shape index (κ3) is 5.60. The third-order valence-electron chi connectivity index (χ3n) is 8.91. The summed E-state index contributed by atoms with van der Waals surface area (Å²) in [6.45, 7) is 0. The summed E-state index contributed by atoms with van der Waals surface area (Å²) in [5, 5.41) is 2.33. The minimum absolute atomic E-state index is 0.639. The second-order valence-electron chi connectivity index (χ2n) is 12.1. The number of benzene rings is 7. The molecule has 0 radical (unpaired) electrons. The van der Waals surface area contributed by atoms with Gasteiger partial charge in [0.2, 0.25) is 0 Å². The summed E-state index contributed by atoms with van der Waals surface area (Å²) in [6.07, 6.45) is 0. The molecule has 7 aromatic carbocycles. The Morgan fingerprint density at radius 1 is 0.360 bits per heavy atom. The third-order valence-corrected chi connectivity index (χ3v) is 10.0. The molecule has 0 bridgehead atoms. The number of hydrogen-bond donors (Lipinski definition) is 0. The maximum Gasteiger partial charge on any atom is 0.164 e. The van der Waals surface area contributed by atoms with Crippen LogP contribution >= 0.6 is 11.3 Å². The highest BCUT2D eigenvalue weighted by Crippen LogP contribution is 2.45. The van der Waals surface area contributed by atoms with Gasteiger partial charge in [-0.2, -0.15) is 0 Å². The van der Waals surface area contributed by atoms with Gasteiger partial charge in [-0.05, 0) is 53.6 Å². The molecular formula is C45H30N4S. The lowest BCUT2D eigenvalue weighted by atomic mass is 10.0. The Hall–Kier alpha value is -6.43. The second-order valence-corrected chi connectivity index (χ2v) is 13.2. The largest absolute Gasteiger partial charge is 0.310 e. The van der Waals surface area contributed by atoms with E-state index in [0.29, 0.717) is 17.5 Å². The lowest BCUT2D eigenvalue weighted by Crippen LogP contribution is -2.10. The fourth-order valence-electron chi connectivity index (χ4n) is 6.53. The Bertz CT molecular complexity index is 2510. The Morgan fingerprint density at radius 3 is 1.46 bits per heavy atom. The van der Waals surface area contributed by atoms with Crippen molar-refractivity contribution in [3.63, 3.8) is 0 Å². The van der Waals surface area contributed by atoms with E-state index < -0.39 is 0 Å². The Labute approximate surface area is 294 Å². The molecule has 236 valence electrons. The number of rotatable bonds is 7. The minimum atomic E-state index is 0.639. The summed E-state index contributed by atoms with van der Waals surface area (Å²) in [6, 6.07) is 63.3. The average Bonchev–Trinajstić information content (AvgIpc) is 3.58. The van der Waals surface area contributed by atoms with Gasteiger partial charge in [0.1, 0.15) is 0 Å². The van der Waals surface area contributed by atoms with Crippen LogP contribution in [0, 0.1) is 0 Å². The van der Waals surface area contributed by atoms with Crippen molar-refractivity contribution < 1.29 is 0 Å². The van der Waals surface area contributed by atoms with Gasteiger partial charge in [-0.25, -0.2) is 15.0 Å². The van der Waals surface area contributed by atoms with E-state index in [1.54, 1.807) is 11.3 Å². The van der Waals surface area contributed by atoms with E-state index in [1.807, 2.05) is 36.4 Å². The van der Waals surface area contributed by atoms with Crippen molar-refractivity contribution in [3.05, 3.63) is 182 Å². The predicted octanol–water partition coefficient (Wildman–Crippen LogP) is 12.4. The number of aromatic nitrogens is 3. The molecule has 0 unspecified atom stereocenters. The van der Waals surface area contributed by atoms with Crippen LogP contribution in [-0.4, -0.2) is 15.0 Å². The number of nitrogens with zero attached hydrogens (tertiary/aromatic N) is 4. The molecule has 5 heteroatoms. The molecule has 0 spiro atoms. The zero-order valence-corrected chi connectivity index (χ0v) is 27.8. The van der Waals surface area contributed by atoms with E-state index in [2.05, 4.69) is 150 Å². The lowest BCUT2D eigenvalue weighted by Gasteiger charge is -2.26. The molecule has 0 fully saturated rings. The summed E-state index contributed by atoms with van der Waals surface area (Å²) in [7, 11) is 0. The predicted molar refractivity (Wildman–Crippen MR) is 209 cm³/mol. The summed E-state index contributed by atoms with van der Waals surface area (Å²) in [4.78, 5) is 17.7. The van der Waals surface area contributed by atoms with Crippen molar-refractivity contribution in [3.8, 4) is 45.3 Å². The smallest absolute Gasteiger partial charge is 0.164 e. The van der Waals surface area contributed by atoms with Gasteiger partial charge in [-0.3, -0.25) is 0 Å². The topological polar surface area (TPSA) is 41.9 Å². The Balaban J connectivity index is 1.30. The first-order chi connectivity index (χ1) is 24.8. The first kappa shape index (κ1) is 29.7. The molecule has 2 aromatic heterocycles. The van der Waals surface area contributed by atoms with Crippen LogP contribution in [0.1, 0.15) is 0 Å². The maximum absolute atomic E-state index is 5.19. The quantitative estimate of drug-likeness (QED) is 0.171. The van der Waals surface area contributed by atoms with Crippen molar-refractivity contribution in [2.24, 2.45) is 0 Å². The highest BCUT2D eigenvalue weighted by molar-refractivity contribution is 7.26. The van der Waals surface area contributed by atoms with Crippen LogP contribution in [0.5, 0.6) is 0 Å². The van der Waals surface area contributed by atoms with Gasteiger partial charge in [0, 0.05) is 53.9 Å². The molecule has 2 heterocycles. The molecule has 0 atom stereocenters. The van der Waals surface area contributed by atoms with E-state index in [0.717, 1.165) is 39.1 Å². The molecule has 0 saturated carbocycles. The first-order valence-electron chi connectivity index (χ1n) is 16.6. The van der Waals surface area contributed by atoms with Crippen LogP contribution in [0.25, 0.3) is 65.5 Å². The molecule has 4 nitrogen and oxygen atoms in total. The monoisotopic (exact) mass is 658 g/mol. The lowest BCUT2D eigenvalue weighted by molar-refractivity contribution is 1.08. The van der Waals surface area contributed by atoms with E-state index >= 15 is 0 Å². The standard InChI is InChI=1S/C45H30N4S/c1-5-15-31(16-6-1)32-25-27-36(28-26-32)49(35-21-11-4-12-22-35)37-29-39(42-38-23-13-14-24-40(38)50-41(42)30-37)45-47-43(33-17-7-2-8-18-33)46-44(48-45)34-19-9-3-10-20-34/h1-30H. The van der Waals surface area contributed by atoms with Crippen molar-refractivity contribution in [1.29, 1.82) is 0 Å². The number of para-hydroxylation sites is 1. The van der Waals surface area contributed by atoms with Gasteiger partial charge in [0.15, 0.2) is 17.5 Å². The number of anilines is 3. The van der Waals surface area contributed by atoms with Gasteiger partial charge >= 0.3 is 0 Å². The van der Waals surface area contributed by atoms with Gasteiger partial charge in [-0.1, -0.05) is 140 Å². The highest BCUT2D eigenvalue weighted by Gasteiger charge is 2.21. The Kier molecular flexibility index (Phi) is 7.65. The summed E-state index contributed by atoms with van der Waals surface area (Å²) in [5.41, 5.74) is 8.38. The van der Waals surface area contributed by atoms with Crippen LogP contribution in [0.3, 0.4) is 0 Å². The van der Waals surface area contributed by atoms with Crippen molar-refractivity contribution in [1.82, 2.24) is 15.0 Å². The van der Waals surface area contributed by atoms with Crippen LogP contribution in [-0.2, 0) is 0 Å². The van der Waals surface area contributed by atoms with Crippen molar-refractivity contribution in [2.75, 3.05) is 4.90 Å². The molecule has 0 saturated heterocycles. The second kappa shape index (κ2) is 12.9. The maximum atomic E-state index is 5.19. The Morgan fingerprint density at radius 2 is 0.840 bits per heavy atom. The number of hydrogen-bond acceptors (Lipinski definition) is 5. The first-order valence-corrected chi connectivity index (χ1v) is 17.4. The average molecular weight is 659 g/mol. The summed E-state index contributed by atoms with van der Waals surface area (Å²) < 4.78 is 2.39. The van der Waals surface area contributed by atoms with Gasteiger partial charge < -0.3 is 4.90 Å². The van der Waals surface area contributed by atoms with Crippen LogP contribution in [0.2, 0.25) is 0 Å². The SMILES string of the molecule is c1ccc(-c2ccc(N(c3ccccc3)c3cc(-c4nc(-c5ccccc5)nc(-c5ccccc5)n4)c4c(c3)sc3ccccc34)cc2)cc1. The zero-order valence-electron chi connectivity index (χ0n) is 27.0. The fourth-order valence-corrected chi connectivity index (χ4v) is 7.70. The van der Waals surface area contributed by atoms with E-state index in [-0.39, 0.29) is 0 Å². The van der Waals surface area contributed by atoms with E-state index in [4.69, 9.17) is 15.0 Å². The fraction of sp³-hybridized carbons (Fsp3) is 0. The molecule has 0 aliphatic carbocycles. The molecular weight excluding hydrogens is 629 g/mol. The van der Waals surface area contributed by atoms with Crippen molar-refractivity contribution >= 4 is 48.6 Å². The molecule has 9 rings (SSSR count). The normalized spacial score (nSPS) is 11.2. The van der Waals surface area contributed by atoms with Gasteiger partial charge in [-0.15, -0.1) is 11.3 Å². The van der Waals surface area contributed by atoms with Crippen molar-refractivity contribution in [2.45, 2.75) is 0 Å². The molecule has 0 aliphatic rings. The molecule has 0 N–H and O–H groups in total. The van der Waals surface area contributed by atoms with Crippen LogP contribution in [0.15, 0.2) is 182 Å². The highest BCUT2D eigenvalue weighted by atomic mass is 32.1. The van der Waals surface area contributed by atoms with Gasteiger partial charge in [0.05, 0.1) is 0 Å². The summed E-state index contributed by atoms with van der Waals surface area (Å²) >= 11 is 1.80. The number of fused-ring (bicyclic) bond motifs is 3. The van der Waals surface area contributed by atoms with Crippen LogP contribution in [0.4, 0.5) is 17.1 Å². The van der Waals surface area contributed by atoms with Crippen LogP contribution < -0.4 is 4.90 Å². The number of thiophene rings is 1.